The summed E-state index contributed by atoms with van der Waals surface area (Å²) in [6, 6.07) is 8.29. The van der Waals surface area contributed by atoms with Crippen LogP contribution in [0.3, 0.4) is 0 Å². The Morgan fingerprint density at radius 3 is 2.79 bits per heavy atom. The number of anilines is 1. The van der Waals surface area contributed by atoms with Crippen LogP contribution in [-0.2, 0) is 11.2 Å². The quantitative estimate of drug-likeness (QED) is 0.602. The highest BCUT2D eigenvalue weighted by Gasteiger charge is 2.36. The van der Waals surface area contributed by atoms with Crippen LogP contribution in [0.5, 0.6) is 0 Å². The highest BCUT2D eigenvalue weighted by molar-refractivity contribution is 7.18. The second-order valence-corrected chi connectivity index (χ2v) is 9.66. The zero-order valence-corrected chi connectivity index (χ0v) is 17.6. The first-order valence-electron chi connectivity index (χ1n) is 10.1. The second-order valence-electron chi connectivity index (χ2n) is 8.66. The number of H-pyrrole nitrogens is 1. The number of carbonyl (C=O) groups excluding carboxylic acids is 1. The summed E-state index contributed by atoms with van der Waals surface area (Å²) in [5.41, 5.74) is 4.28. The molecule has 1 aliphatic heterocycles. The van der Waals surface area contributed by atoms with Gasteiger partial charge in [-0.05, 0) is 41.7 Å². The van der Waals surface area contributed by atoms with Crippen LogP contribution in [0.15, 0.2) is 30.5 Å². The van der Waals surface area contributed by atoms with Crippen LogP contribution in [0.2, 0.25) is 0 Å². The van der Waals surface area contributed by atoms with E-state index in [2.05, 4.69) is 53.8 Å². The maximum atomic E-state index is 12.9. The third-order valence-corrected chi connectivity index (χ3v) is 7.05. The number of ketones is 1. The fraction of sp³-hybridized carbons (Fsp3) is 0.375. The number of fused-ring (bicyclic) bond motifs is 2. The van der Waals surface area contributed by atoms with Gasteiger partial charge in [-0.2, -0.15) is 0 Å². The lowest BCUT2D eigenvalue weighted by Gasteiger charge is -2.29. The smallest absolute Gasteiger partial charge is 0.173 e. The molecule has 4 nitrogen and oxygen atoms in total. The topological polar surface area (TPSA) is 45.3 Å². The third kappa shape index (κ3) is 3.48. The lowest BCUT2D eigenvalue weighted by Crippen LogP contribution is -2.36. The van der Waals surface area contributed by atoms with E-state index in [-0.39, 0.29) is 11.2 Å². The van der Waals surface area contributed by atoms with Crippen molar-refractivity contribution in [2.45, 2.75) is 26.7 Å². The number of carbonyl (C=O) groups is 1. The first-order valence-corrected chi connectivity index (χ1v) is 10.9. The number of nitrogens with zero attached hydrogens (tertiary/aromatic N) is 1. The molecule has 5 rings (SSSR count). The molecule has 1 aliphatic carbocycles. The predicted octanol–water partition coefficient (Wildman–Crippen LogP) is 4.62. The zero-order valence-electron chi connectivity index (χ0n) is 16.8. The summed E-state index contributed by atoms with van der Waals surface area (Å²) in [4.78, 5) is 19.3. The lowest BCUT2D eigenvalue weighted by molar-refractivity contribution is 0.0917. The van der Waals surface area contributed by atoms with Gasteiger partial charge < -0.3 is 14.6 Å². The summed E-state index contributed by atoms with van der Waals surface area (Å²) in [6.07, 6.45) is 3.46. The summed E-state index contributed by atoms with van der Waals surface area (Å²) >= 11 is 1.63. The van der Waals surface area contributed by atoms with Gasteiger partial charge in [0.1, 0.15) is 5.00 Å². The standard InChI is InChI=1S/C24H24N2O2S/c1-24(2)14-19-18(5-3-16-4-6-20-17(13-16)7-8-25-20)23(26-9-11-28-12-10-26)29-22(19)21(27)15-24/h4,6-8,13,25H,9-12,14-15H2,1-2H3. The Bertz CT molecular complexity index is 1150. The Kier molecular flexibility index (Phi) is 4.49. The van der Waals surface area contributed by atoms with Crippen LogP contribution < -0.4 is 4.90 Å². The summed E-state index contributed by atoms with van der Waals surface area (Å²) in [5.74, 6) is 7.10. The normalized spacial score (nSPS) is 18.4. The van der Waals surface area contributed by atoms with Crippen molar-refractivity contribution in [1.29, 1.82) is 0 Å². The molecule has 29 heavy (non-hydrogen) atoms. The summed E-state index contributed by atoms with van der Waals surface area (Å²) in [7, 11) is 0. The average molecular weight is 405 g/mol. The van der Waals surface area contributed by atoms with Gasteiger partial charge in [0.2, 0.25) is 0 Å². The molecular formula is C24H24N2O2S. The molecule has 3 aromatic rings. The second kappa shape index (κ2) is 7.05. The van der Waals surface area contributed by atoms with Crippen molar-refractivity contribution in [2.24, 2.45) is 5.41 Å². The van der Waals surface area contributed by atoms with Crippen LogP contribution in [0.4, 0.5) is 5.00 Å². The van der Waals surface area contributed by atoms with Gasteiger partial charge in [-0.3, -0.25) is 4.79 Å². The molecule has 5 heteroatoms. The number of thiophene rings is 1. The van der Waals surface area contributed by atoms with E-state index in [0.717, 1.165) is 70.2 Å². The molecule has 0 atom stereocenters. The fourth-order valence-corrected chi connectivity index (χ4v) is 5.55. The minimum Gasteiger partial charge on any atom is -0.378 e. The molecule has 148 valence electrons. The molecule has 3 heterocycles. The van der Waals surface area contributed by atoms with Crippen molar-refractivity contribution >= 4 is 33.0 Å². The molecule has 1 fully saturated rings. The van der Waals surface area contributed by atoms with Crippen LogP contribution in [0.25, 0.3) is 10.9 Å². The Balaban J connectivity index is 1.61. The molecule has 2 aliphatic rings. The van der Waals surface area contributed by atoms with Gasteiger partial charge in [-0.1, -0.05) is 25.7 Å². The first-order chi connectivity index (χ1) is 14.0. The molecule has 2 aromatic heterocycles. The summed E-state index contributed by atoms with van der Waals surface area (Å²) in [6.45, 7) is 7.49. The predicted molar refractivity (Wildman–Crippen MR) is 118 cm³/mol. The minimum absolute atomic E-state index is 0.0199. The number of benzene rings is 1. The summed E-state index contributed by atoms with van der Waals surface area (Å²) < 4.78 is 5.54. The molecule has 0 radical (unpaired) electrons. The van der Waals surface area contributed by atoms with Gasteiger partial charge in [0.15, 0.2) is 5.78 Å². The van der Waals surface area contributed by atoms with E-state index in [1.54, 1.807) is 11.3 Å². The number of aromatic amines is 1. The molecule has 0 spiro atoms. The molecule has 0 bridgehead atoms. The van der Waals surface area contributed by atoms with E-state index in [9.17, 15) is 4.79 Å². The molecular weight excluding hydrogens is 380 g/mol. The maximum Gasteiger partial charge on any atom is 0.173 e. The molecule has 1 saturated heterocycles. The molecule has 0 amide bonds. The van der Waals surface area contributed by atoms with E-state index >= 15 is 0 Å². The Labute approximate surface area is 174 Å². The monoisotopic (exact) mass is 404 g/mol. The molecule has 1 aromatic carbocycles. The number of ether oxygens (including phenoxy) is 1. The fourth-order valence-electron chi connectivity index (χ4n) is 4.29. The first kappa shape index (κ1) is 18.5. The van der Waals surface area contributed by atoms with Crippen molar-refractivity contribution in [2.75, 3.05) is 31.2 Å². The van der Waals surface area contributed by atoms with Gasteiger partial charge in [0.25, 0.3) is 0 Å². The van der Waals surface area contributed by atoms with Crippen molar-refractivity contribution in [3.05, 3.63) is 52.0 Å². The van der Waals surface area contributed by atoms with E-state index in [4.69, 9.17) is 4.74 Å². The SMILES string of the molecule is CC1(C)CC(=O)c2sc(N3CCOCC3)c(C#Cc3ccc4[nH]ccc4c3)c2C1. The highest BCUT2D eigenvalue weighted by Crippen LogP contribution is 2.44. The van der Waals surface area contributed by atoms with E-state index < -0.39 is 0 Å². The number of morpholine rings is 1. The Hall–Kier alpha value is -2.55. The Morgan fingerprint density at radius 1 is 1.14 bits per heavy atom. The van der Waals surface area contributed by atoms with Crippen molar-refractivity contribution in [1.82, 2.24) is 4.98 Å². The van der Waals surface area contributed by atoms with Crippen LogP contribution in [0, 0.1) is 17.3 Å². The number of hydrogen-bond donors (Lipinski definition) is 1. The lowest BCUT2D eigenvalue weighted by atomic mass is 9.75. The third-order valence-electron chi connectivity index (χ3n) is 5.72. The number of aromatic nitrogens is 1. The van der Waals surface area contributed by atoms with Gasteiger partial charge >= 0.3 is 0 Å². The molecule has 0 saturated carbocycles. The van der Waals surface area contributed by atoms with E-state index in [1.807, 2.05) is 12.3 Å². The van der Waals surface area contributed by atoms with Gasteiger partial charge in [-0.15, -0.1) is 11.3 Å². The molecule has 0 unspecified atom stereocenters. The maximum absolute atomic E-state index is 12.9. The van der Waals surface area contributed by atoms with Crippen LogP contribution >= 0.6 is 11.3 Å². The number of rotatable bonds is 1. The largest absolute Gasteiger partial charge is 0.378 e. The van der Waals surface area contributed by atoms with Crippen LogP contribution in [0.1, 0.15) is 46.6 Å². The van der Waals surface area contributed by atoms with Crippen molar-refractivity contribution in [3.8, 4) is 11.8 Å². The van der Waals surface area contributed by atoms with Gasteiger partial charge in [0, 0.05) is 42.2 Å². The van der Waals surface area contributed by atoms with Crippen LogP contribution in [-0.4, -0.2) is 37.1 Å². The number of hydrogen-bond acceptors (Lipinski definition) is 4. The van der Waals surface area contributed by atoms with E-state index in [0.29, 0.717) is 6.42 Å². The van der Waals surface area contributed by atoms with Gasteiger partial charge in [0.05, 0.1) is 23.7 Å². The number of nitrogens with one attached hydrogen (secondary N) is 1. The van der Waals surface area contributed by atoms with Crippen molar-refractivity contribution < 1.29 is 9.53 Å². The summed E-state index contributed by atoms with van der Waals surface area (Å²) in [5, 5.41) is 2.30. The average Bonchev–Trinajstić information content (AvgIpc) is 3.30. The van der Waals surface area contributed by atoms with Gasteiger partial charge in [-0.25, -0.2) is 0 Å². The van der Waals surface area contributed by atoms with Crippen molar-refractivity contribution in [3.63, 3.8) is 0 Å². The molecule has 1 N–H and O–H groups in total. The zero-order chi connectivity index (χ0) is 20.0. The Morgan fingerprint density at radius 2 is 1.97 bits per heavy atom. The minimum atomic E-state index is -0.0199. The highest BCUT2D eigenvalue weighted by atomic mass is 32.1. The number of Topliss-reactive ketones (excluding diaryl/α,β-unsaturated/α-hetero) is 1. The van der Waals surface area contributed by atoms with E-state index in [1.165, 1.54) is 0 Å².